The molecule has 1 aliphatic carbocycles. The van der Waals surface area contributed by atoms with Gasteiger partial charge in [-0.15, -0.1) is 17.0 Å². The SMILES string of the molecule is Br.CCCN(CCC)[C@H]1CCc2ccc(O)cc2C1. The molecule has 1 atom stereocenters. The van der Waals surface area contributed by atoms with Crippen molar-refractivity contribution < 1.29 is 5.11 Å². The van der Waals surface area contributed by atoms with E-state index < -0.39 is 0 Å². The third kappa shape index (κ3) is 4.22. The van der Waals surface area contributed by atoms with Crippen LogP contribution in [0.15, 0.2) is 18.2 Å². The van der Waals surface area contributed by atoms with Gasteiger partial charge in [-0.05, 0) is 68.5 Å². The maximum absolute atomic E-state index is 9.61. The third-order valence-corrected chi connectivity index (χ3v) is 3.93. The van der Waals surface area contributed by atoms with Crippen molar-refractivity contribution in [3.63, 3.8) is 0 Å². The van der Waals surface area contributed by atoms with Crippen LogP contribution in [0.5, 0.6) is 5.75 Å². The van der Waals surface area contributed by atoms with Gasteiger partial charge in [-0.2, -0.15) is 0 Å². The number of hydrogen-bond donors (Lipinski definition) is 1. The quantitative estimate of drug-likeness (QED) is 0.885. The molecule has 0 aliphatic heterocycles. The summed E-state index contributed by atoms with van der Waals surface area (Å²) < 4.78 is 0. The van der Waals surface area contributed by atoms with E-state index in [4.69, 9.17) is 0 Å². The Morgan fingerprint density at radius 3 is 2.47 bits per heavy atom. The highest BCUT2D eigenvalue weighted by Gasteiger charge is 2.23. The first-order valence-corrected chi connectivity index (χ1v) is 7.29. The largest absolute Gasteiger partial charge is 0.508 e. The Hall–Kier alpha value is -0.540. The van der Waals surface area contributed by atoms with E-state index in [2.05, 4.69) is 24.8 Å². The van der Waals surface area contributed by atoms with E-state index >= 15 is 0 Å². The summed E-state index contributed by atoms with van der Waals surface area (Å²) in [5.74, 6) is 0.409. The summed E-state index contributed by atoms with van der Waals surface area (Å²) in [6.07, 6.45) is 5.97. The zero-order valence-electron chi connectivity index (χ0n) is 12.1. The van der Waals surface area contributed by atoms with Crippen molar-refractivity contribution in [1.29, 1.82) is 0 Å². The van der Waals surface area contributed by atoms with Gasteiger partial charge in [-0.25, -0.2) is 0 Å². The molecule has 0 saturated heterocycles. The molecule has 0 saturated carbocycles. The maximum atomic E-state index is 9.61. The molecule has 2 nitrogen and oxygen atoms in total. The first-order chi connectivity index (χ1) is 8.74. The molecule has 0 spiro atoms. The van der Waals surface area contributed by atoms with Crippen LogP contribution in [0.1, 0.15) is 44.2 Å². The van der Waals surface area contributed by atoms with E-state index in [0.717, 1.165) is 12.8 Å². The van der Waals surface area contributed by atoms with Gasteiger partial charge in [-0.1, -0.05) is 19.9 Å². The lowest BCUT2D eigenvalue weighted by Gasteiger charge is -2.35. The maximum Gasteiger partial charge on any atom is 0.115 e. The zero-order chi connectivity index (χ0) is 13.0. The molecule has 1 N–H and O–H groups in total. The smallest absolute Gasteiger partial charge is 0.115 e. The highest BCUT2D eigenvalue weighted by molar-refractivity contribution is 8.93. The van der Waals surface area contributed by atoms with E-state index in [1.807, 2.05) is 12.1 Å². The van der Waals surface area contributed by atoms with Gasteiger partial charge >= 0.3 is 0 Å². The molecule has 0 amide bonds. The Balaban J connectivity index is 0.00000180. The number of aromatic hydroxyl groups is 1. The predicted molar refractivity (Wildman–Crippen MR) is 86.4 cm³/mol. The zero-order valence-corrected chi connectivity index (χ0v) is 13.8. The number of rotatable bonds is 5. The fraction of sp³-hybridized carbons (Fsp3) is 0.625. The van der Waals surface area contributed by atoms with E-state index in [0.29, 0.717) is 11.8 Å². The van der Waals surface area contributed by atoms with Gasteiger partial charge in [0.25, 0.3) is 0 Å². The summed E-state index contributed by atoms with van der Waals surface area (Å²) in [6, 6.07) is 6.52. The molecule has 1 aromatic carbocycles. The summed E-state index contributed by atoms with van der Waals surface area (Å²) in [4.78, 5) is 2.63. The molecule has 0 fully saturated rings. The van der Waals surface area contributed by atoms with Gasteiger partial charge in [0.2, 0.25) is 0 Å². The highest BCUT2D eigenvalue weighted by Crippen LogP contribution is 2.27. The van der Waals surface area contributed by atoms with Gasteiger partial charge in [0, 0.05) is 6.04 Å². The number of phenolic OH excluding ortho intramolecular Hbond substituents is 1. The van der Waals surface area contributed by atoms with E-state index in [1.165, 1.54) is 43.5 Å². The van der Waals surface area contributed by atoms with Crippen LogP contribution in [0, 0.1) is 0 Å². The number of fused-ring (bicyclic) bond motifs is 1. The van der Waals surface area contributed by atoms with Crippen LogP contribution < -0.4 is 0 Å². The average molecular weight is 328 g/mol. The minimum absolute atomic E-state index is 0. The number of halogens is 1. The van der Waals surface area contributed by atoms with Crippen molar-refractivity contribution in [2.45, 2.75) is 52.0 Å². The van der Waals surface area contributed by atoms with Crippen LogP contribution in [0.25, 0.3) is 0 Å². The molecule has 0 bridgehead atoms. The minimum Gasteiger partial charge on any atom is -0.508 e. The number of nitrogens with zero attached hydrogens (tertiary/aromatic N) is 1. The monoisotopic (exact) mass is 327 g/mol. The third-order valence-electron chi connectivity index (χ3n) is 3.93. The van der Waals surface area contributed by atoms with Crippen LogP contribution in [0.3, 0.4) is 0 Å². The standard InChI is InChI=1S/C16H25NO.BrH/c1-3-9-17(10-4-2)15-7-5-13-6-8-16(18)12-14(13)11-15;/h6,8,12,15,18H,3-5,7,9-11H2,1-2H3;1H/t15-;/m0./s1. The Morgan fingerprint density at radius 1 is 1.16 bits per heavy atom. The summed E-state index contributed by atoms with van der Waals surface area (Å²) in [6.45, 7) is 6.91. The topological polar surface area (TPSA) is 23.5 Å². The molecule has 19 heavy (non-hydrogen) atoms. The van der Waals surface area contributed by atoms with Crippen molar-refractivity contribution in [2.75, 3.05) is 13.1 Å². The van der Waals surface area contributed by atoms with Crippen molar-refractivity contribution >= 4 is 17.0 Å². The molecule has 1 aromatic rings. The van der Waals surface area contributed by atoms with E-state index in [1.54, 1.807) is 0 Å². The fourth-order valence-electron chi connectivity index (χ4n) is 3.09. The van der Waals surface area contributed by atoms with Crippen LogP contribution in [-0.4, -0.2) is 29.1 Å². The molecule has 0 aromatic heterocycles. The highest BCUT2D eigenvalue weighted by atomic mass is 79.9. The summed E-state index contributed by atoms with van der Waals surface area (Å²) in [5, 5.41) is 9.61. The fourth-order valence-corrected chi connectivity index (χ4v) is 3.09. The van der Waals surface area contributed by atoms with Crippen molar-refractivity contribution in [2.24, 2.45) is 0 Å². The molecule has 108 valence electrons. The van der Waals surface area contributed by atoms with Gasteiger partial charge in [0.05, 0.1) is 0 Å². The van der Waals surface area contributed by atoms with E-state index in [-0.39, 0.29) is 17.0 Å². The summed E-state index contributed by atoms with van der Waals surface area (Å²) in [7, 11) is 0. The summed E-state index contributed by atoms with van der Waals surface area (Å²) >= 11 is 0. The first kappa shape index (κ1) is 16.5. The lowest BCUT2D eigenvalue weighted by atomic mass is 9.87. The normalized spacial score (nSPS) is 17.9. The van der Waals surface area contributed by atoms with Gasteiger partial charge in [0.15, 0.2) is 0 Å². The van der Waals surface area contributed by atoms with Crippen LogP contribution in [-0.2, 0) is 12.8 Å². The molecular formula is C16H26BrNO. The second-order valence-corrected chi connectivity index (χ2v) is 5.39. The van der Waals surface area contributed by atoms with Gasteiger partial charge in [0.1, 0.15) is 5.75 Å². The second-order valence-electron chi connectivity index (χ2n) is 5.39. The van der Waals surface area contributed by atoms with Crippen LogP contribution >= 0.6 is 17.0 Å². The Morgan fingerprint density at radius 2 is 1.84 bits per heavy atom. The minimum atomic E-state index is 0. The van der Waals surface area contributed by atoms with Gasteiger partial charge in [-0.3, -0.25) is 0 Å². The predicted octanol–water partition coefficient (Wildman–Crippen LogP) is 3.95. The first-order valence-electron chi connectivity index (χ1n) is 7.29. The van der Waals surface area contributed by atoms with E-state index in [9.17, 15) is 5.11 Å². The Labute approximate surface area is 127 Å². The molecule has 0 heterocycles. The number of aryl methyl sites for hydroxylation is 1. The van der Waals surface area contributed by atoms with Crippen LogP contribution in [0.2, 0.25) is 0 Å². The van der Waals surface area contributed by atoms with Crippen molar-refractivity contribution in [3.05, 3.63) is 29.3 Å². The number of phenols is 1. The molecule has 2 rings (SSSR count). The van der Waals surface area contributed by atoms with Gasteiger partial charge < -0.3 is 10.0 Å². The van der Waals surface area contributed by atoms with Crippen molar-refractivity contribution in [3.8, 4) is 5.75 Å². The Bertz CT molecular complexity index is 388. The second kappa shape index (κ2) is 7.91. The molecule has 0 radical (unpaired) electrons. The molecule has 1 aliphatic rings. The van der Waals surface area contributed by atoms with Crippen LogP contribution in [0.4, 0.5) is 0 Å². The number of benzene rings is 1. The van der Waals surface area contributed by atoms with Crippen molar-refractivity contribution in [1.82, 2.24) is 4.90 Å². The number of hydrogen-bond acceptors (Lipinski definition) is 2. The molecular weight excluding hydrogens is 302 g/mol. The Kier molecular flexibility index (Phi) is 6.87. The average Bonchev–Trinajstić information content (AvgIpc) is 2.37. The molecule has 0 unspecified atom stereocenters. The summed E-state index contributed by atoms with van der Waals surface area (Å²) in [5.41, 5.74) is 2.78. The lowest BCUT2D eigenvalue weighted by Crippen LogP contribution is -2.40. The molecule has 3 heteroatoms. The lowest BCUT2D eigenvalue weighted by molar-refractivity contribution is 0.180.